The van der Waals surface area contributed by atoms with Gasteiger partial charge in [0.25, 0.3) is 5.91 Å². The number of hydrogen-bond donors (Lipinski definition) is 1. The number of nitrogens with one attached hydrogen (secondary N) is 1. The van der Waals surface area contributed by atoms with Crippen molar-refractivity contribution in [2.75, 3.05) is 5.32 Å². The van der Waals surface area contributed by atoms with Gasteiger partial charge in [-0.2, -0.15) is 10.1 Å². The first-order valence-electron chi connectivity index (χ1n) is 12.1. The lowest BCUT2D eigenvalue weighted by molar-refractivity contribution is -0.121. The number of carbonyl (C=O) groups is 2. The largest absolute Gasteiger partial charge is 0.326 e. The van der Waals surface area contributed by atoms with Gasteiger partial charge in [0.2, 0.25) is 5.91 Å². The number of amidine groups is 1. The zero-order valence-corrected chi connectivity index (χ0v) is 21.7. The molecule has 2 aliphatic rings. The lowest BCUT2D eigenvalue weighted by atomic mass is 9.98. The molecular formula is C29H27FN4O2S. The summed E-state index contributed by atoms with van der Waals surface area (Å²) in [5, 5.41) is 9.31. The molecule has 0 saturated heterocycles. The summed E-state index contributed by atoms with van der Waals surface area (Å²) >= 11 is 1.26. The molecule has 0 radical (unpaired) electrons. The molecule has 0 saturated carbocycles. The van der Waals surface area contributed by atoms with Gasteiger partial charge in [-0.15, -0.1) is 0 Å². The highest BCUT2D eigenvalue weighted by Gasteiger charge is 2.39. The van der Waals surface area contributed by atoms with E-state index in [9.17, 15) is 14.0 Å². The van der Waals surface area contributed by atoms with Gasteiger partial charge < -0.3 is 5.32 Å². The fraction of sp³-hybridized carbons (Fsp3) is 0.241. The van der Waals surface area contributed by atoms with Gasteiger partial charge in [-0.05, 0) is 67.3 Å². The van der Waals surface area contributed by atoms with Crippen molar-refractivity contribution in [2.45, 2.75) is 44.9 Å². The van der Waals surface area contributed by atoms with Crippen molar-refractivity contribution in [3.63, 3.8) is 0 Å². The molecule has 1 N–H and O–H groups in total. The van der Waals surface area contributed by atoms with E-state index in [0.717, 1.165) is 33.5 Å². The van der Waals surface area contributed by atoms with Crippen molar-refractivity contribution in [3.8, 4) is 0 Å². The number of aryl methyl sites for hydroxylation is 3. The van der Waals surface area contributed by atoms with Crippen LogP contribution in [0.4, 0.5) is 10.1 Å². The molecule has 188 valence electrons. The quantitative estimate of drug-likeness (QED) is 0.458. The van der Waals surface area contributed by atoms with E-state index in [0.29, 0.717) is 17.3 Å². The first kappa shape index (κ1) is 24.9. The number of hydrogen-bond acceptors (Lipinski definition) is 5. The summed E-state index contributed by atoms with van der Waals surface area (Å²) < 4.78 is 13.5. The molecular weight excluding hydrogens is 487 g/mol. The molecule has 2 amide bonds. The Balaban J connectivity index is 1.34. The highest BCUT2D eigenvalue weighted by atomic mass is 32.2. The Bertz CT molecular complexity index is 1420. The van der Waals surface area contributed by atoms with Crippen LogP contribution < -0.4 is 5.32 Å². The predicted molar refractivity (Wildman–Crippen MR) is 146 cm³/mol. The summed E-state index contributed by atoms with van der Waals surface area (Å²) in [5.74, 6) is -0.890. The molecule has 3 aromatic carbocycles. The van der Waals surface area contributed by atoms with E-state index >= 15 is 0 Å². The minimum Gasteiger partial charge on any atom is -0.326 e. The third-order valence-electron chi connectivity index (χ3n) is 6.64. The third kappa shape index (κ3) is 5.49. The van der Waals surface area contributed by atoms with E-state index in [1.165, 1.54) is 23.9 Å². The maximum atomic E-state index is 13.5. The fourth-order valence-corrected chi connectivity index (χ4v) is 5.42. The molecule has 6 nitrogen and oxygen atoms in total. The van der Waals surface area contributed by atoms with Crippen molar-refractivity contribution < 1.29 is 14.0 Å². The van der Waals surface area contributed by atoms with Crippen LogP contribution in [0.25, 0.3) is 0 Å². The van der Waals surface area contributed by atoms with E-state index in [1.807, 2.05) is 63.2 Å². The normalized spacial score (nSPS) is 19.1. The van der Waals surface area contributed by atoms with Gasteiger partial charge in [-0.1, -0.05) is 59.8 Å². The maximum absolute atomic E-state index is 13.5. The summed E-state index contributed by atoms with van der Waals surface area (Å²) in [6.45, 7) is 6.03. The lowest BCUT2D eigenvalue weighted by Gasteiger charge is -2.23. The number of hydrazone groups is 1. The molecule has 0 spiro atoms. The molecule has 2 atom stereocenters. The molecule has 3 aromatic rings. The molecule has 0 aliphatic carbocycles. The third-order valence-corrected chi connectivity index (χ3v) is 7.78. The van der Waals surface area contributed by atoms with Crippen molar-refractivity contribution >= 4 is 40.1 Å². The van der Waals surface area contributed by atoms with Crippen molar-refractivity contribution in [3.05, 3.63) is 100 Å². The van der Waals surface area contributed by atoms with Gasteiger partial charge in [0.15, 0.2) is 5.17 Å². The zero-order chi connectivity index (χ0) is 26.1. The predicted octanol–water partition coefficient (Wildman–Crippen LogP) is 5.93. The van der Waals surface area contributed by atoms with E-state index in [2.05, 4.69) is 10.3 Å². The second-order valence-electron chi connectivity index (χ2n) is 9.42. The highest BCUT2D eigenvalue weighted by molar-refractivity contribution is 8.15. The smallest absolute Gasteiger partial charge is 0.262 e. The summed E-state index contributed by atoms with van der Waals surface area (Å²) in [7, 11) is 0. The summed E-state index contributed by atoms with van der Waals surface area (Å²) in [6, 6.07) is 20.0. The Morgan fingerprint density at radius 2 is 1.76 bits per heavy atom. The van der Waals surface area contributed by atoms with E-state index in [1.54, 1.807) is 17.1 Å². The maximum Gasteiger partial charge on any atom is 0.262 e. The minimum absolute atomic E-state index is 0.0149. The van der Waals surface area contributed by atoms with Crippen LogP contribution in [0, 0.1) is 26.6 Å². The topological polar surface area (TPSA) is 74.1 Å². The van der Waals surface area contributed by atoms with Gasteiger partial charge >= 0.3 is 0 Å². The Morgan fingerprint density at radius 3 is 2.46 bits per heavy atom. The van der Waals surface area contributed by atoms with E-state index < -0.39 is 5.25 Å². The Kier molecular flexibility index (Phi) is 6.93. The monoisotopic (exact) mass is 514 g/mol. The van der Waals surface area contributed by atoms with Crippen LogP contribution in [0.2, 0.25) is 0 Å². The van der Waals surface area contributed by atoms with Crippen LogP contribution >= 0.6 is 11.8 Å². The summed E-state index contributed by atoms with van der Waals surface area (Å²) in [5.41, 5.74) is 6.73. The number of aliphatic imine (C=N–C) groups is 1. The molecule has 0 bridgehead atoms. The number of amides is 2. The Hall–Kier alpha value is -3.78. The average Bonchev–Trinajstić information content (AvgIpc) is 3.46. The number of anilines is 1. The number of carbonyl (C=O) groups excluding carboxylic acids is 2. The first-order chi connectivity index (χ1) is 17.8. The second kappa shape index (κ2) is 10.3. The van der Waals surface area contributed by atoms with Gasteiger partial charge in [0, 0.05) is 18.5 Å². The molecule has 0 fully saturated rings. The molecule has 2 aliphatic heterocycles. The van der Waals surface area contributed by atoms with Gasteiger partial charge in [-0.3, -0.25) is 9.59 Å². The molecule has 8 heteroatoms. The van der Waals surface area contributed by atoms with E-state index in [-0.39, 0.29) is 30.1 Å². The van der Waals surface area contributed by atoms with Crippen LogP contribution in [-0.2, 0) is 9.59 Å². The number of halogens is 1. The Labute approximate surface area is 219 Å². The van der Waals surface area contributed by atoms with Gasteiger partial charge in [-0.25, -0.2) is 9.40 Å². The molecule has 37 heavy (non-hydrogen) atoms. The number of thioether (sulfide) groups is 1. The molecule has 5 rings (SSSR count). The number of nitrogens with zero attached hydrogens (tertiary/aromatic N) is 3. The Morgan fingerprint density at radius 1 is 1.03 bits per heavy atom. The van der Waals surface area contributed by atoms with Crippen LogP contribution in [0.3, 0.4) is 0 Å². The molecule has 0 aromatic heterocycles. The minimum atomic E-state index is -0.620. The van der Waals surface area contributed by atoms with Crippen LogP contribution in [-0.4, -0.2) is 33.0 Å². The number of rotatable bonds is 5. The lowest BCUT2D eigenvalue weighted by Crippen LogP contribution is -2.25. The van der Waals surface area contributed by atoms with Gasteiger partial charge in [0.05, 0.1) is 11.8 Å². The van der Waals surface area contributed by atoms with Crippen molar-refractivity contribution in [1.29, 1.82) is 0 Å². The van der Waals surface area contributed by atoms with Crippen molar-refractivity contribution in [2.24, 2.45) is 10.1 Å². The van der Waals surface area contributed by atoms with Crippen LogP contribution in [0.15, 0.2) is 76.8 Å². The summed E-state index contributed by atoms with van der Waals surface area (Å²) in [6.07, 6.45) is 0.599. The summed E-state index contributed by atoms with van der Waals surface area (Å²) in [4.78, 5) is 29.8. The zero-order valence-electron chi connectivity index (χ0n) is 20.9. The van der Waals surface area contributed by atoms with Gasteiger partial charge in [0.1, 0.15) is 11.1 Å². The average molecular weight is 515 g/mol. The van der Waals surface area contributed by atoms with Crippen molar-refractivity contribution in [1.82, 2.24) is 5.01 Å². The van der Waals surface area contributed by atoms with Crippen LogP contribution in [0.1, 0.15) is 46.7 Å². The highest BCUT2D eigenvalue weighted by Crippen LogP contribution is 2.38. The second-order valence-corrected chi connectivity index (χ2v) is 10.6. The standard InChI is InChI=1S/C29H27FN4O2S/c1-17-4-7-21(8-5-17)25-15-24(20-9-11-22(30)12-10-20)33-34(25)29-32-28(36)26(37-29)16-27(35)31-23-13-6-18(2)19(3)14-23/h4-14,25-26H,15-16H2,1-3H3,(H,31,35)/t25-,26+/m1/s1. The van der Waals surface area contributed by atoms with Crippen LogP contribution in [0.5, 0.6) is 0 Å². The number of benzene rings is 3. The fourth-order valence-electron chi connectivity index (χ4n) is 4.36. The van der Waals surface area contributed by atoms with E-state index in [4.69, 9.17) is 5.10 Å². The molecule has 2 heterocycles. The first-order valence-corrected chi connectivity index (χ1v) is 13.0. The molecule has 0 unspecified atom stereocenters. The SMILES string of the molecule is Cc1ccc([C@H]2CC(c3ccc(F)cc3)=NN2C2=NC(=O)[C@H](CC(=O)Nc3ccc(C)c(C)c3)S2)cc1.